The van der Waals surface area contributed by atoms with Gasteiger partial charge in [-0.05, 0) is 30.7 Å². The average Bonchev–Trinajstić information content (AvgIpc) is 2.44. The number of hydrogen-bond donors (Lipinski definition) is 2. The van der Waals surface area contributed by atoms with Crippen LogP contribution in [0.3, 0.4) is 0 Å². The molecular weight excluding hydrogens is 254 g/mol. The van der Waals surface area contributed by atoms with Crippen LogP contribution in [0.15, 0.2) is 47.4 Å². The van der Waals surface area contributed by atoms with Crippen LogP contribution in [0.5, 0.6) is 0 Å². The molecule has 104 valence electrons. The fraction of sp³-hybridized carbons (Fsp3) is 0.200. The second-order valence-electron chi connectivity index (χ2n) is 4.51. The van der Waals surface area contributed by atoms with Gasteiger partial charge in [0.1, 0.15) is 0 Å². The molecule has 20 heavy (non-hydrogen) atoms. The van der Waals surface area contributed by atoms with Crippen LogP contribution < -0.4 is 11.3 Å². The summed E-state index contributed by atoms with van der Waals surface area (Å²) in [5.74, 6) is -0.166. The molecule has 0 radical (unpaired) electrons. The molecule has 0 bridgehead atoms. The van der Waals surface area contributed by atoms with Gasteiger partial charge in [0.2, 0.25) is 5.56 Å². The molecule has 3 N–H and O–H groups in total. The Kier molecular flexibility index (Phi) is 4.20. The highest BCUT2D eigenvalue weighted by atomic mass is 16.2. The van der Waals surface area contributed by atoms with E-state index in [1.54, 1.807) is 17.0 Å². The summed E-state index contributed by atoms with van der Waals surface area (Å²) in [6.07, 6.45) is 1.48. The van der Waals surface area contributed by atoms with Gasteiger partial charge >= 0.3 is 0 Å². The number of amides is 1. The highest BCUT2D eigenvalue weighted by Crippen LogP contribution is 2.11. The van der Waals surface area contributed by atoms with Crippen LogP contribution in [-0.2, 0) is 6.54 Å². The van der Waals surface area contributed by atoms with Gasteiger partial charge in [-0.1, -0.05) is 12.1 Å². The lowest BCUT2D eigenvalue weighted by atomic mass is 10.1. The first-order chi connectivity index (χ1) is 9.60. The molecule has 0 spiro atoms. The number of anilines is 1. The maximum Gasteiger partial charge on any atom is 0.254 e. The maximum absolute atomic E-state index is 12.4. The number of nitrogens with two attached hydrogens (primary N) is 1. The molecule has 5 nitrogen and oxygen atoms in total. The number of rotatable bonds is 4. The van der Waals surface area contributed by atoms with E-state index in [-0.39, 0.29) is 11.5 Å². The van der Waals surface area contributed by atoms with Crippen molar-refractivity contribution < 1.29 is 4.79 Å². The minimum absolute atomic E-state index is 0.166. The van der Waals surface area contributed by atoms with Gasteiger partial charge < -0.3 is 15.6 Å². The molecule has 1 amide bonds. The zero-order chi connectivity index (χ0) is 14.5. The molecule has 0 aliphatic heterocycles. The van der Waals surface area contributed by atoms with Gasteiger partial charge in [0.15, 0.2) is 0 Å². The third-order valence-corrected chi connectivity index (χ3v) is 3.02. The van der Waals surface area contributed by atoms with Crippen molar-refractivity contribution >= 4 is 11.6 Å². The molecule has 5 heteroatoms. The van der Waals surface area contributed by atoms with Crippen LogP contribution in [0, 0.1) is 0 Å². The molecule has 2 aromatic rings. The number of aromatic nitrogens is 1. The van der Waals surface area contributed by atoms with Crippen LogP contribution in [0.2, 0.25) is 0 Å². The predicted molar refractivity (Wildman–Crippen MR) is 78.3 cm³/mol. The number of nitrogens with zero attached hydrogens (tertiary/aromatic N) is 1. The van der Waals surface area contributed by atoms with Crippen molar-refractivity contribution in [2.75, 3.05) is 12.3 Å². The Labute approximate surface area is 117 Å². The molecule has 1 heterocycles. The first-order valence-electron chi connectivity index (χ1n) is 6.42. The molecule has 2 rings (SSSR count). The quantitative estimate of drug-likeness (QED) is 0.829. The molecule has 0 fully saturated rings. The molecule has 1 aromatic carbocycles. The number of carbonyl (C=O) groups excluding carboxylic acids is 1. The lowest BCUT2D eigenvalue weighted by molar-refractivity contribution is 0.0752. The number of pyridine rings is 1. The summed E-state index contributed by atoms with van der Waals surface area (Å²) in [6.45, 7) is 2.92. The van der Waals surface area contributed by atoms with Gasteiger partial charge in [0.05, 0.1) is 0 Å². The van der Waals surface area contributed by atoms with E-state index in [2.05, 4.69) is 4.98 Å². The third kappa shape index (κ3) is 3.26. The van der Waals surface area contributed by atoms with Crippen molar-refractivity contribution in [3.63, 3.8) is 0 Å². The van der Waals surface area contributed by atoms with Gasteiger partial charge in [-0.3, -0.25) is 9.59 Å². The Balaban J connectivity index is 2.20. The smallest absolute Gasteiger partial charge is 0.254 e. The summed E-state index contributed by atoms with van der Waals surface area (Å²) in [7, 11) is 0. The van der Waals surface area contributed by atoms with Crippen LogP contribution in [0.1, 0.15) is 22.8 Å². The summed E-state index contributed by atoms with van der Waals surface area (Å²) in [5, 5.41) is 0. The molecule has 0 saturated carbocycles. The van der Waals surface area contributed by atoms with E-state index in [0.29, 0.717) is 24.3 Å². The monoisotopic (exact) mass is 271 g/mol. The van der Waals surface area contributed by atoms with E-state index >= 15 is 0 Å². The van der Waals surface area contributed by atoms with E-state index < -0.39 is 0 Å². The fourth-order valence-corrected chi connectivity index (χ4v) is 2.00. The molecule has 1 aromatic heterocycles. The van der Waals surface area contributed by atoms with Crippen molar-refractivity contribution in [1.29, 1.82) is 0 Å². The molecule has 0 unspecified atom stereocenters. The summed E-state index contributed by atoms with van der Waals surface area (Å²) in [5.41, 5.74) is 7.47. The van der Waals surface area contributed by atoms with E-state index in [4.69, 9.17) is 5.73 Å². The van der Waals surface area contributed by atoms with E-state index in [1.165, 1.54) is 12.3 Å². The number of nitrogen functional groups attached to an aromatic ring is 1. The Morgan fingerprint density at radius 3 is 2.75 bits per heavy atom. The minimum Gasteiger partial charge on any atom is -0.399 e. The lowest BCUT2D eigenvalue weighted by Gasteiger charge is -2.21. The summed E-state index contributed by atoms with van der Waals surface area (Å²) >= 11 is 0. The Hall–Kier alpha value is -2.56. The molecular formula is C15H17N3O2. The Bertz CT molecular complexity index is 664. The number of nitrogens with one attached hydrogen (secondary N) is 1. The first kappa shape index (κ1) is 13.9. The molecule has 0 aliphatic rings. The maximum atomic E-state index is 12.4. The van der Waals surface area contributed by atoms with Crippen LogP contribution in [-0.4, -0.2) is 22.3 Å². The van der Waals surface area contributed by atoms with E-state index in [9.17, 15) is 9.59 Å². The third-order valence-electron chi connectivity index (χ3n) is 3.02. The van der Waals surface area contributed by atoms with Crippen molar-refractivity contribution in [2.45, 2.75) is 13.5 Å². The van der Waals surface area contributed by atoms with Gasteiger partial charge in [0, 0.05) is 36.6 Å². The second kappa shape index (κ2) is 6.06. The average molecular weight is 271 g/mol. The van der Waals surface area contributed by atoms with E-state index in [1.807, 2.05) is 25.1 Å². The van der Waals surface area contributed by atoms with Crippen molar-refractivity contribution in [3.8, 4) is 0 Å². The zero-order valence-corrected chi connectivity index (χ0v) is 11.3. The van der Waals surface area contributed by atoms with Crippen molar-refractivity contribution in [3.05, 3.63) is 64.1 Å². The Morgan fingerprint density at radius 2 is 2.10 bits per heavy atom. The molecule has 0 saturated heterocycles. The second-order valence-corrected chi connectivity index (χ2v) is 4.51. The lowest BCUT2D eigenvalue weighted by Crippen LogP contribution is -2.31. The summed E-state index contributed by atoms with van der Waals surface area (Å²) in [4.78, 5) is 27.8. The van der Waals surface area contributed by atoms with Gasteiger partial charge in [-0.2, -0.15) is 0 Å². The van der Waals surface area contributed by atoms with Crippen LogP contribution >= 0.6 is 0 Å². The largest absolute Gasteiger partial charge is 0.399 e. The first-order valence-corrected chi connectivity index (χ1v) is 6.42. The fourth-order valence-electron chi connectivity index (χ4n) is 2.00. The number of carbonyl (C=O) groups is 1. The van der Waals surface area contributed by atoms with Crippen molar-refractivity contribution in [1.82, 2.24) is 9.88 Å². The SMILES string of the molecule is CCN(Cc1cccc(N)c1)C(=O)c1cc[nH]c(=O)c1. The molecule has 0 atom stereocenters. The minimum atomic E-state index is -0.282. The normalized spacial score (nSPS) is 10.2. The summed E-state index contributed by atoms with van der Waals surface area (Å²) < 4.78 is 0. The standard InChI is InChI=1S/C15H17N3O2/c1-2-18(10-11-4-3-5-13(16)8-11)15(20)12-6-7-17-14(19)9-12/h3-9H,2,10,16H2,1H3,(H,17,19). The topological polar surface area (TPSA) is 79.2 Å². The molecule has 0 aliphatic carbocycles. The number of aromatic amines is 1. The zero-order valence-electron chi connectivity index (χ0n) is 11.3. The predicted octanol–water partition coefficient (Wildman–Crippen LogP) is 1.62. The van der Waals surface area contributed by atoms with Crippen LogP contribution in [0.4, 0.5) is 5.69 Å². The van der Waals surface area contributed by atoms with Gasteiger partial charge in [0.25, 0.3) is 5.91 Å². The van der Waals surface area contributed by atoms with Crippen LogP contribution in [0.25, 0.3) is 0 Å². The van der Waals surface area contributed by atoms with E-state index in [0.717, 1.165) is 5.56 Å². The Morgan fingerprint density at radius 1 is 1.30 bits per heavy atom. The van der Waals surface area contributed by atoms with Crippen molar-refractivity contribution in [2.24, 2.45) is 0 Å². The number of hydrogen-bond acceptors (Lipinski definition) is 3. The van der Waals surface area contributed by atoms with Gasteiger partial charge in [-0.15, -0.1) is 0 Å². The highest BCUT2D eigenvalue weighted by molar-refractivity contribution is 5.94. The highest BCUT2D eigenvalue weighted by Gasteiger charge is 2.14. The number of benzene rings is 1. The summed E-state index contributed by atoms with van der Waals surface area (Å²) in [6, 6.07) is 10.3. The number of H-pyrrole nitrogens is 1. The van der Waals surface area contributed by atoms with Gasteiger partial charge in [-0.25, -0.2) is 0 Å².